The molecule has 0 fully saturated rings. The van der Waals surface area contributed by atoms with Crippen LogP contribution in [0, 0.1) is 0 Å². The molecule has 124 valence electrons. The zero-order valence-electron chi connectivity index (χ0n) is 12.3. The SMILES string of the molecule is CO[C@@H](C)C(=O)NCc1ccc(-c2noc(C(F)(F)F)n2)cc1. The lowest BCUT2D eigenvalue weighted by Crippen LogP contribution is -2.33. The fourth-order valence-corrected chi connectivity index (χ4v) is 1.67. The molecule has 1 atom stereocenters. The van der Waals surface area contributed by atoms with E-state index in [9.17, 15) is 18.0 Å². The summed E-state index contributed by atoms with van der Waals surface area (Å²) in [6.45, 7) is 1.89. The van der Waals surface area contributed by atoms with Gasteiger partial charge in [0, 0.05) is 19.2 Å². The summed E-state index contributed by atoms with van der Waals surface area (Å²) in [4.78, 5) is 14.9. The first-order valence-corrected chi connectivity index (χ1v) is 6.62. The molecule has 2 aromatic rings. The Hall–Kier alpha value is -2.42. The molecule has 23 heavy (non-hydrogen) atoms. The van der Waals surface area contributed by atoms with E-state index in [0.717, 1.165) is 5.56 Å². The van der Waals surface area contributed by atoms with Crippen molar-refractivity contribution in [2.75, 3.05) is 7.11 Å². The lowest BCUT2D eigenvalue weighted by Gasteiger charge is -2.10. The van der Waals surface area contributed by atoms with Crippen molar-refractivity contribution in [2.24, 2.45) is 0 Å². The third kappa shape index (κ3) is 4.28. The van der Waals surface area contributed by atoms with E-state index in [-0.39, 0.29) is 18.3 Å². The number of alkyl halides is 3. The number of hydrogen-bond donors (Lipinski definition) is 1. The zero-order chi connectivity index (χ0) is 17.0. The van der Waals surface area contributed by atoms with E-state index in [0.29, 0.717) is 5.56 Å². The van der Waals surface area contributed by atoms with Gasteiger partial charge in [-0.05, 0) is 12.5 Å². The molecule has 1 N–H and O–H groups in total. The van der Waals surface area contributed by atoms with Crippen molar-refractivity contribution in [3.63, 3.8) is 0 Å². The van der Waals surface area contributed by atoms with Crippen LogP contribution in [-0.2, 0) is 22.3 Å². The molecule has 6 nitrogen and oxygen atoms in total. The summed E-state index contributed by atoms with van der Waals surface area (Å²) in [7, 11) is 1.43. The number of hydrogen-bond acceptors (Lipinski definition) is 5. The van der Waals surface area contributed by atoms with Crippen LogP contribution < -0.4 is 5.32 Å². The molecule has 1 aromatic carbocycles. The van der Waals surface area contributed by atoms with Crippen LogP contribution in [0.5, 0.6) is 0 Å². The fourth-order valence-electron chi connectivity index (χ4n) is 1.67. The maximum Gasteiger partial charge on any atom is 0.471 e. The zero-order valence-corrected chi connectivity index (χ0v) is 12.3. The summed E-state index contributed by atoms with van der Waals surface area (Å²) in [5.41, 5.74) is 1.15. The molecule has 2 rings (SSSR count). The summed E-state index contributed by atoms with van der Waals surface area (Å²) in [5, 5.41) is 5.97. The van der Waals surface area contributed by atoms with Gasteiger partial charge >= 0.3 is 12.1 Å². The van der Waals surface area contributed by atoms with Crippen LogP contribution in [0.1, 0.15) is 18.4 Å². The number of carbonyl (C=O) groups excluding carboxylic acids is 1. The molecule has 0 saturated carbocycles. The van der Waals surface area contributed by atoms with Crippen molar-refractivity contribution in [1.29, 1.82) is 0 Å². The number of carbonyl (C=O) groups is 1. The van der Waals surface area contributed by atoms with Gasteiger partial charge in [0.2, 0.25) is 11.7 Å². The van der Waals surface area contributed by atoms with E-state index >= 15 is 0 Å². The van der Waals surface area contributed by atoms with Gasteiger partial charge in [-0.2, -0.15) is 18.2 Å². The van der Waals surface area contributed by atoms with Gasteiger partial charge in [0.25, 0.3) is 0 Å². The van der Waals surface area contributed by atoms with Crippen LogP contribution in [0.3, 0.4) is 0 Å². The highest BCUT2D eigenvalue weighted by Crippen LogP contribution is 2.29. The van der Waals surface area contributed by atoms with E-state index in [1.54, 1.807) is 31.2 Å². The second-order valence-electron chi connectivity index (χ2n) is 4.71. The minimum atomic E-state index is -4.67. The molecule has 0 aliphatic rings. The summed E-state index contributed by atoms with van der Waals surface area (Å²) in [6, 6.07) is 6.39. The molecule has 0 bridgehead atoms. The second-order valence-corrected chi connectivity index (χ2v) is 4.71. The van der Waals surface area contributed by atoms with Gasteiger partial charge in [-0.3, -0.25) is 4.79 Å². The number of nitrogens with zero attached hydrogens (tertiary/aromatic N) is 2. The summed E-state index contributed by atoms with van der Waals surface area (Å²) >= 11 is 0. The van der Waals surface area contributed by atoms with Crippen molar-refractivity contribution in [1.82, 2.24) is 15.5 Å². The monoisotopic (exact) mass is 329 g/mol. The lowest BCUT2D eigenvalue weighted by atomic mass is 10.1. The Morgan fingerprint density at radius 2 is 2.00 bits per heavy atom. The van der Waals surface area contributed by atoms with E-state index in [4.69, 9.17) is 4.74 Å². The Morgan fingerprint density at radius 1 is 1.35 bits per heavy atom. The molecule has 9 heteroatoms. The lowest BCUT2D eigenvalue weighted by molar-refractivity contribution is -0.159. The first kappa shape index (κ1) is 16.9. The molecule has 0 unspecified atom stereocenters. The Balaban J connectivity index is 2.02. The Kier molecular flexibility index (Phi) is 4.99. The maximum atomic E-state index is 12.4. The van der Waals surface area contributed by atoms with Crippen LogP contribution >= 0.6 is 0 Å². The molecule has 0 spiro atoms. The minimum absolute atomic E-state index is 0.152. The first-order chi connectivity index (χ1) is 10.8. The normalized spacial score (nSPS) is 12.9. The van der Waals surface area contributed by atoms with Crippen LogP contribution in [-0.4, -0.2) is 29.3 Å². The van der Waals surface area contributed by atoms with Crippen LogP contribution in [0.4, 0.5) is 13.2 Å². The predicted octanol–water partition coefficient (Wildman–Crippen LogP) is 2.41. The van der Waals surface area contributed by atoms with Gasteiger partial charge < -0.3 is 14.6 Å². The standard InChI is InChI=1S/C14H14F3N3O3/c1-8(22-2)12(21)18-7-9-3-5-10(6-4-9)11-19-13(23-20-11)14(15,16)17/h3-6,8H,7H2,1-2H3,(H,18,21)/t8-/m0/s1. The molecule has 1 heterocycles. The molecular weight excluding hydrogens is 315 g/mol. The highest BCUT2D eigenvalue weighted by molar-refractivity contribution is 5.80. The third-order valence-electron chi connectivity index (χ3n) is 3.07. The van der Waals surface area contributed by atoms with Gasteiger partial charge in [-0.15, -0.1) is 0 Å². The molecule has 0 aliphatic heterocycles. The number of rotatable bonds is 5. The smallest absolute Gasteiger partial charge is 0.372 e. The quantitative estimate of drug-likeness (QED) is 0.911. The van der Waals surface area contributed by atoms with Crippen molar-refractivity contribution in [2.45, 2.75) is 25.7 Å². The molecule has 0 saturated heterocycles. The van der Waals surface area contributed by atoms with Crippen molar-refractivity contribution in [3.8, 4) is 11.4 Å². The third-order valence-corrected chi connectivity index (χ3v) is 3.07. The van der Waals surface area contributed by atoms with E-state index in [1.807, 2.05) is 0 Å². The second kappa shape index (κ2) is 6.78. The Labute approximate surface area is 129 Å². The van der Waals surface area contributed by atoms with Crippen molar-refractivity contribution in [3.05, 3.63) is 35.7 Å². The number of benzene rings is 1. The predicted molar refractivity (Wildman–Crippen MR) is 73.1 cm³/mol. The molecule has 1 aromatic heterocycles. The van der Waals surface area contributed by atoms with Crippen LogP contribution in [0.2, 0.25) is 0 Å². The number of ether oxygens (including phenoxy) is 1. The van der Waals surface area contributed by atoms with E-state index in [1.165, 1.54) is 7.11 Å². The van der Waals surface area contributed by atoms with Gasteiger partial charge in [-0.1, -0.05) is 29.4 Å². The Bertz CT molecular complexity index is 668. The number of aromatic nitrogens is 2. The molecule has 1 amide bonds. The van der Waals surface area contributed by atoms with Crippen molar-refractivity contribution < 1.29 is 27.2 Å². The molecule has 0 aliphatic carbocycles. The maximum absolute atomic E-state index is 12.4. The van der Waals surface area contributed by atoms with Gasteiger partial charge in [0.15, 0.2) is 0 Å². The van der Waals surface area contributed by atoms with Gasteiger partial charge in [-0.25, -0.2) is 0 Å². The average Bonchev–Trinajstić information content (AvgIpc) is 3.02. The summed E-state index contributed by atoms with van der Waals surface area (Å²) in [6.07, 6.45) is -5.23. The number of halogens is 3. The summed E-state index contributed by atoms with van der Waals surface area (Å²) in [5.74, 6) is -1.80. The topological polar surface area (TPSA) is 77.2 Å². The Morgan fingerprint density at radius 3 is 2.52 bits per heavy atom. The van der Waals surface area contributed by atoms with Crippen LogP contribution in [0.25, 0.3) is 11.4 Å². The molecule has 0 radical (unpaired) electrons. The number of nitrogens with one attached hydrogen (secondary N) is 1. The number of amides is 1. The van der Waals surface area contributed by atoms with Crippen LogP contribution in [0.15, 0.2) is 28.8 Å². The largest absolute Gasteiger partial charge is 0.471 e. The minimum Gasteiger partial charge on any atom is -0.372 e. The van der Waals surface area contributed by atoms with Gasteiger partial charge in [0.1, 0.15) is 6.10 Å². The van der Waals surface area contributed by atoms with E-state index in [2.05, 4.69) is 20.0 Å². The first-order valence-electron chi connectivity index (χ1n) is 6.62. The van der Waals surface area contributed by atoms with Crippen molar-refractivity contribution >= 4 is 5.91 Å². The van der Waals surface area contributed by atoms with Gasteiger partial charge in [0.05, 0.1) is 0 Å². The fraction of sp³-hybridized carbons (Fsp3) is 0.357. The number of methoxy groups -OCH3 is 1. The highest BCUT2D eigenvalue weighted by atomic mass is 19.4. The van der Waals surface area contributed by atoms with E-state index < -0.39 is 18.2 Å². The summed E-state index contributed by atoms with van der Waals surface area (Å²) < 4.78 is 46.3. The molecular formula is C14H14F3N3O3. The highest BCUT2D eigenvalue weighted by Gasteiger charge is 2.38. The average molecular weight is 329 g/mol.